The van der Waals surface area contributed by atoms with Gasteiger partial charge in [-0.05, 0) is 36.8 Å². The van der Waals surface area contributed by atoms with Crippen molar-refractivity contribution in [1.29, 1.82) is 0 Å². The number of aryl methyl sites for hydroxylation is 1. The average Bonchev–Trinajstić information content (AvgIpc) is 2.29. The Kier molecular flexibility index (Phi) is 3.07. The summed E-state index contributed by atoms with van der Waals surface area (Å²) in [4.78, 5) is 4.01. The van der Waals surface area contributed by atoms with Crippen molar-refractivity contribution in [2.75, 3.05) is 0 Å². The number of alkyl halides is 3. The zero-order chi connectivity index (χ0) is 13.3. The molecule has 0 bridgehead atoms. The van der Waals surface area contributed by atoms with Gasteiger partial charge < -0.3 is 0 Å². The van der Waals surface area contributed by atoms with Gasteiger partial charge in [0.25, 0.3) is 0 Å². The fourth-order valence-electron chi connectivity index (χ4n) is 1.54. The lowest BCUT2D eigenvalue weighted by molar-refractivity contribution is -0.139. The van der Waals surface area contributed by atoms with Crippen LogP contribution in [0.1, 0.15) is 11.1 Å². The predicted molar refractivity (Wildman–Crippen MR) is 59.4 cm³/mol. The highest BCUT2D eigenvalue weighted by Gasteiger charge is 2.34. The minimum Gasteiger partial charge on any atom is -0.256 e. The molecule has 0 fully saturated rings. The first-order valence-corrected chi connectivity index (χ1v) is 5.18. The van der Waals surface area contributed by atoms with E-state index >= 15 is 0 Å². The monoisotopic (exact) mass is 255 g/mol. The third kappa shape index (κ3) is 2.50. The van der Waals surface area contributed by atoms with Crippen LogP contribution < -0.4 is 0 Å². The maximum absolute atomic E-state index is 13.1. The number of halogens is 4. The topological polar surface area (TPSA) is 12.9 Å². The van der Waals surface area contributed by atoms with Crippen molar-refractivity contribution >= 4 is 0 Å². The third-order valence-electron chi connectivity index (χ3n) is 2.48. The molecular formula is C13H9F4N. The number of hydrogen-bond donors (Lipinski definition) is 0. The van der Waals surface area contributed by atoms with Crippen LogP contribution >= 0.6 is 0 Å². The van der Waals surface area contributed by atoms with Gasteiger partial charge >= 0.3 is 6.18 Å². The number of rotatable bonds is 1. The van der Waals surface area contributed by atoms with Crippen molar-refractivity contribution in [2.45, 2.75) is 13.1 Å². The molecule has 0 spiro atoms. The first-order valence-electron chi connectivity index (χ1n) is 5.18. The van der Waals surface area contributed by atoms with Gasteiger partial charge in [-0.2, -0.15) is 13.2 Å². The van der Waals surface area contributed by atoms with E-state index in [-0.39, 0.29) is 5.56 Å². The van der Waals surface area contributed by atoms with E-state index in [1.54, 1.807) is 18.3 Å². The summed E-state index contributed by atoms with van der Waals surface area (Å²) in [5.74, 6) is -1.28. The van der Waals surface area contributed by atoms with Crippen LogP contribution in [0, 0.1) is 12.7 Å². The van der Waals surface area contributed by atoms with Crippen LogP contribution in [-0.4, -0.2) is 4.98 Å². The Morgan fingerprint density at radius 1 is 1.06 bits per heavy atom. The van der Waals surface area contributed by atoms with E-state index in [4.69, 9.17) is 0 Å². The lowest BCUT2D eigenvalue weighted by Gasteiger charge is -2.09. The van der Waals surface area contributed by atoms with Gasteiger partial charge in [-0.1, -0.05) is 6.07 Å². The molecule has 0 atom stereocenters. The Balaban J connectivity index is 2.50. The average molecular weight is 255 g/mol. The first kappa shape index (κ1) is 12.5. The van der Waals surface area contributed by atoms with E-state index in [2.05, 4.69) is 4.98 Å². The minimum atomic E-state index is -4.70. The molecule has 0 unspecified atom stereocenters. The zero-order valence-electron chi connectivity index (χ0n) is 9.42. The summed E-state index contributed by atoms with van der Waals surface area (Å²) < 4.78 is 50.7. The lowest BCUT2D eigenvalue weighted by atomic mass is 10.1. The molecule has 0 amide bonds. The second-order valence-corrected chi connectivity index (χ2v) is 3.91. The van der Waals surface area contributed by atoms with Crippen LogP contribution in [0.3, 0.4) is 0 Å². The number of pyridine rings is 1. The molecular weight excluding hydrogens is 246 g/mol. The molecule has 0 aliphatic carbocycles. The van der Waals surface area contributed by atoms with Crippen LogP contribution in [0.4, 0.5) is 17.6 Å². The van der Waals surface area contributed by atoms with Gasteiger partial charge in [0.05, 0.1) is 11.3 Å². The standard InChI is InChI=1S/C13H9F4N/c1-8-2-5-12(18-7-8)9-3-4-11(14)10(6-9)13(15,16)17/h2-7H,1H3. The fraction of sp³-hybridized carbons (Fsp3) is 0.154. The third-order valence-corrected chi connectivity index (χ3v) is 2.48. The molecule has 1 nitrogen and oxygen atoms in total. The second-order valence-electron chi connectivity index (χ2n) is 3.91. The van der Waals surface area contributed by atoms with Crippen LogP contribution in [-0.2, 0) is 6.18 Å². The zero-order valence-corrected chi connectivity index (χ0v) is 9.42. The fourth-order valence-corrected chi connectivity index (χ4v) is 1.54. The van der Waals surface area contributed by atoms with Gasteiger partial charge in [0.1, 0.15) is 5.82 Å². The molecule has 0 radical (unpaired) electrons. The van der Waals surface area contributed by atoms with Gasteiger partial charge in [-0.3, -0.25) is 4.98 Å². The smallest absolute Gasteiger partial charge is 0.256 e. The van der Waals surface area contributed by atoms with Gasteiger partial charge in [-0.15, -0.1) is 0 Å². The van der Waals surface area contributed by atoms with Crippen LogP contribution in [0.5, 0.6) is 0 Å². The normalized spacial score (nSPS) is 11.6. The number of aromatic nitrogens is 1. The molecule has 0 aliphatic rings. The van der Waals surface area contributed by atoms with Crippen molar-refractivity contribution < 1.29 is 17.6 Å². The van der Waals surface area contributed by atoms with E-state index < -0.39 is 17.6 Å². The molecule has 0 saturated heterocycles. The van der Waals surface area contributed by atoms with Crippen LogP contribution in [0.25, 0.3) is 11.3 Å². The van der Waals surface area contributed by atoms with E-state index in [1.807, 2.05) is 6.92 Å². The Labute approximate surface area is 101 Å². The summed E-state index contributed by atoms with van der Waals surface area (Å²) in [7, 11) is 0. The Morgan fingerprint density at radius 2 is 1.78 bits per heavy atom. The molecule has 2 aromatic rings. The largest absolute Gasteiger partial charge is 0.419 e. The minimum absolute atomic E-state index is 0.240. The molecule has 1 heterocycles. The quantitative estimate of drug-likeness (QED) is 0.695. The van der Waals surface area contributed by atoms with Gasteiger partial charge in [-0.25, -0.2) is 4.39 Å². The molecule has 0 N–H and O–H groups in total. The highest BCUT2D eigenvalue weighted by molar-refractivity contribution is 5.60. The Hall–Kier alpha value is -1.91. The SMILES string of the molecule is Cc1ccc(-c2ccc(F)c(C(F)(F)F)c2)nc1. The van der Waals surface area contributed by atoms with Gasteiger partial charge in [0.2, 0.25) is 0 Å². The second kappa shape index (κ2) is 4.40. The van der Waals surface area contributed by atoms with Crippen molar-refractivity contribution in [1.82, 2.24) is 4.98 Å². The summed E-state index contributed by atoms with van der Waals surface area (Å²) in [6.45, 7) is 1.82. The van der Waals surface area contributed by atoms with Crippen LogP contribution in [0.2, 0.25) is 0 Å². The number of benzene rings is 1. The summed E-state index contributed by atoms with van der Waals surface area (Å²) in [6.07, 6.45) is -3.16. The van der Waals surface area contributed by atoms with E-state index in [9.17, 15) is 17.6 Å². The molecule has 1 aromatic heterocycles. The molecule has 94 valence electrons. The lowest BCUT2D eigenvalue weighted by Crippen LogP contribution is -2.08. The van der Waals surface area contributed by atoms with E-state index in [0.29, 0.717) is 5.69 Å². The Morgan fingerprint density at radius 3 is 2.33 bits per heavy atom. The van der Waals surface area contributed by atoms with Gasteiger partial charge in [0.15, 0.2) is 0 Å². The van der Waals surface area contributed by atoms with Crippen molar-refractivity contribution in [3.05, 3.63) is 53.5 Å². The maximum Gasteiger partial charge on any atom is 0.419 e. The summed E-state index contributed by atoms with van der Waals surface area (Å²) in [5.41, 5.74) is 0.245. The van der Waals surface area contributed by atoms with Crippen molar-refractivity contribution in [3.63, 3.8) is 0 Å². The molecule has 18 heavy (non-hydrogen) atoms. The summed E-state index contributed by atoms with van der Waals surface area (Å²) in [5, 5.41) is 0. The molecule has 2 rings (SSSR count). The molecule has 0 aliphatic heterocycles. The first-order chi connectivity index (χ1) is 8.38. The maximum atomic E-state index is 13.1. The van der Waals surface area contributed by atoms with Crippen molar-refractivity contribution in [3.8, 4) is 11.3 Å². The Bertz CT molecular complexity index is 558. The molecule has 5 heteroatoms. The molecule has 0 saturated carbocycles. The number of nitrogens with zero attached hydrogens (tertiary/aromatic N) is 1. The van der Waals surface area contributed by atoms with E-state index in [1.165, 1.54) is 6.07 Å². The highest BCUT2D eigenvalue weighted by Crippen LogP contribution is 2.33. The summed E-state index contributed by atoms with van der Waals surface area (Å²) in [6, 6.07) is 6.19. The molecule has 1 aromatic carbocycles. The number of hydrogen-bond acceptors (Lipinski definition) is 1. The van der Waals surface area contributed by atoms with E-state index in [0.717, 1.165) is 17.7 Å². The predicted octanol–water partition coefficient (Wildman–Crippen LogP) is 4.21. The summed E-state index contributed by atoms with van der Waals surface area (Å²) >= 11 is 0. The van der Waals surface area contributed by atoms with Crippen LogP contribution in [0.15, 0.2) is 36.5 Å². The van der Waals surface area contributed by atoms with Gasteiger partial charge in [0, 0.05) is 11.8 Å². The highest BCUT2D eigenvalue weighted by atomic mass is 19.4. The van der Waals surface area contributed by atoms with Crippen molar-refractivity contribution in [2.24, 2.45) is 0 Å².